The molecule has 4 aromatic rings. The highest BCUT2D eigenvalue weighted by molar-refractivity contribution is 6.30. The highest BCUT2D eigenvalue weighted by Gasteiger charge is 2.07. The number of para-hydroxylation sites is 1. The van der Waals surface area contributed by atoms with Gasteiger partial charge in [-0.2, -0.15) is 0 Å². The fourth-order valence-corrected chi connectivity index (χ4v) is 3.14. The molecule has 2 amide bonds. The van der Waals surface area contributed by atoms with Gasteiger partial charge < -0.3 is 15.6 Å². The Morgan fingerprint density at radius 1 is 0.846 bits per heavy atom. The van der Waals surface area contributed by atoms with E-state index in [1.54, 1.807) is 24.3 Å². The molecule has 26 heavy (non-hydrogen) atoms. The number of aromatic nitrogens is 1. The lowest BCUT2D eigenvalue weighted by molar-refractivity contribution is 0.262. The van der Waals surface area contributed by atoms with Gasteiger partial charge in [0.25, 0.3) is 0 Å². The number of halogens is 1. The van der Waals surface area contributed by atoms with Crippen LogP contribution >= 0.6 is 11.6 Å². The summed E-state index contributed by atoms with van der Waals surface area (Å²) in [6.07, 6.45) is 1.93. The van der Waals surface area contributed by atoms with Crippen LogP contribution in [0.1, 0.15) is 0 Å². The third-order valence-electron chi connectivity index (χ3n) is 4.10. The van der Waals surface area contributed by atoms with Crippen molar-refractivity contribution in [1.29, 1.82) is 0 Å². The number of fused-ring (bicyclic) bond motifs is 1. The van der Waals surface area contributed by atoms with Crippen molar-refractivity contribution in [3.8, 4) is 11.1 Å². The molecule has 0 aliphatic heterocycles. The molecule has 128 valence electrons. The van der Waals surface area contributed by atoms with Gasteiger partial charge in [0, 0.05) is 28.2 Å². The summed E-state index contributed by atoms with van der Waals surface area (Å²) in [6.45, 7) is 0. The minimum atomic E-state index is -0.317. The summed E-state index contributed by atoms with van der Waals surface area (Å²) in [5.41, 5.74) is 4.55. The molecule has 1 heterocycles. The van der Waals surface area contributed by atoms with Crippen molar-refractivity contribution < 1.29 is 4.79 Å². The average molecular weight is 362 g/mol. The summed E-state index contributed by atoms with van der Waals surface area (Å²) in [5, 5.41) is 7.36. The Hall–Kier alpha value is -3.24. The maximum Gasteiger partial charge on any atom is 0.323 e. The van der Waals surface area contributed by atoms with Gasteiger partial charge in [-0.3, -0.25) is 0 Å². The normalized spacial score (nSPS) is 10.7. The third kappa shape index (κ3) is 3.41. The summed E-state index contributed by atoms with van der Waals surface area (Å²) in [6, 6.07) is 22.7. The zero-order valence-corrected chi connectivity index (χ0v) is 14.5. The molecule has 4 nitrogen and oxygen atoms in total. The predicted molar refractivity (Wildman–Crippen MR) is 108 cm³/mol. The van der Waals surface area contributed by atoms with E-state index in [4.69, 9.17) is 11.6 Å². The van der Waals surface area contributed by atoms with Crippen molar-refractivity contribution in [2.24, 2.45) is 0 Å². The Morgan fingerprint density at radius 2 is 1.58 bits per heavy atom. The number of hydrogen-bond acceptors (Lipinski definition) is 1. The molecular formula is C21H16ClN3O. The largest absolute Gasteiger partial charge is 0.361 e. The number of urea groups is 1. The second-order valence-corrected chi connectivity index (χ2v) is 6.35. The highest BCUT2D eigenvalue weighted by atomic mass is 35.5. The Morgan fingerprint density at radius 3 is 2.38 bits per heavy atom. The number of carbonyl (C=O) groups is 1. The van der Waals surface area contributed by atoms with Gasteiger partial charge >= 0.3 is 6.03 Å². The zero-order valence-electron chi connectivity index (χ0n) is 13.8. The summed E-state index contributed by atoms with van der Waals surface area (Å²) in [7, 11) is 0. The molecule has 3 N–H and O–H groups in total. The van der Waals surface area contributed by atoms with Crippen LogP contribution in [0.4, 0.5) is 16.2 Å². The number of benzene rings is 3. The smallest absolute Gasteiger partial charge is 0.323 e. The van der Waals surface area contributed by atoms with E-state index in [1.807, 2.05) is 42.6 Å². The van der Waals surface area contributed by atoms with Crippen LogP contribution in [-0.4, -0.2) is 11.0 Å². The standard InChI is InChI=1S/C21H16ClN3O/c22-16-6-3-8-18(13-16)25-21(26)24-17-7-1-5-15(12-17)19-9-2-4-14-10-11-23-20(14)19/h1-13,23H,(H2,24,25,26). The van der Waals surface area contributed by atoms with Crippen molar-refractivity contribution >= 4 is 39.9 Å². The van der Waals surface area contributed by atoms with Gasteiger partial charge in [-0.05, 0) is 47.3 Å². The van der Waals surface area contributed by atoms with Gasteiger partial charge in [0.05, 0.1) is 5.52 Å². The number of nitrogens with one attached hydrogen (secondary N) is 3. The molecule has 0 aliphatic rings. The van der Waals surface area contributed by atoms with Crippen LogP contribution in [0.15, 0.2) is 79.0 Å². The van der Waals surface area contributed by atoms with E-state index in [2.05, 4.69) is 27.8 Å². The first-order valence-corrected chi connectivity index (χ1v) is 8.57. The Kier molecular flexibility index (Phi) is 4.33. The van der Waals surface area contributed by atoms with Crippen molar-refractivity contribution in [2.75, 3.05) is 10.6 Å². The summed E-state index contributed by atoms with van der Waals surface area (Å²) >= 11 is 5.94. The van der Waals surface area contributed by atoms with Crippen LogP contribution in [0.5, 0.6) is 0 Å². The molecule has 0 unspecified atom stereocenters. The molecule has 0 fully saturated rings. The Labute approximate surface area is 155 Å². The minimum Gasteiger partial charge on any atom is -0.361 e. The first kappa shape index (κ1) is 16.2. The number of hydrogen-bond donors (Lipinski definition) is 3. The van der Waals surface area contributed by atoms with Crippen LogP contribution in [0.3, 0.4) is 0 Å². The van der Waals surface area contributed by atoms with Gasteiger partial charge in [-0.1, -0.05) is 48.0 Å². The van der Waals surface area contributed by atoms with Crippen LogP contribution in [0.25, 0.3) is 22.0 Å². The number of anilines is 2. The molecule has 0 spiro atoms. The molecule has 0 radical (unpaired) electrons. The van der Waals surface area contributed by atoms with Crippen LogP contribution < -0.4 is 10.6 Å². The van der Waals surface area contributed by atoms with Gasteiger partial charge in [0.2, 0.25) is 0 Å². The lowest BCUT2D eigenvalue weighted by atomic mass is 10.0. The van der Waals surface area contributed by atoms with Crippen molar-refractivity contribution in [3.05, 3.63) is 84.0 Å². The van der Waals surface area contributed by atoms with Gasteiger partial charge in [-0.15, -0.1) is 0 Å². The van der Waals surface area contributed by atoms with Crippen LogP contribution in [0, 0.1) is 0 Å². The topological polar surface area (TPSA) is 56.9 Å². The lowest BCUT2D eigenvalue weighted by Crippen LogP contribution is -2.19. The van der Waals surface area contributed by atoms with Crippen molar-refractivity contribution in [2.45, 2.75) is 0 Å². The van der Waals surface area contributed by atoms with Crippen LogP contribution in [0.2, 0.25) is 5.02 Å². The Balaban J connectivity index is 1.56. The van der Waals surface area contributed by atoms with Gasteiger partial charge in [0.15, 0.2) is 0 Å². The van der Waals surface area contributed by atoms with Crippen molar-refractivity contribution in [3.63, 3.8) is 0 Å². The number of rotatable bonds is 3. The maximum absolute atomic E-state index is 12.2. The zero-order chi connectivity index (χ0) is 17.9. The van der Waals surface area contributed by atoms with E-state index in [1.165, 1.54) is 0 Å². The number of H-pyrrole nitrogens is 1. The van der Waals surface area contributed by atoms with Crippen molar-refractivity contribution in [1.82, 2.24) is 4.98 Å². The summed E-state index contributed by atoms with van der Waals surface area (Å²) in [5.74, 6) is 0. The van der Waals surface area contributed by atoms with E-state index < -0.39 is 0 Å². The van der Waals surface area contributed by atoms with E-state index in [9.17, 15) is 4.79 Å². The van der Waals surface area contributed by atoms with Crippen LogP contribution in [-0.2, 0) is 0 Å². The number of aromatic amines is 1. The minimum absolute atomic E-state index is 0.317. The second-order valence-electron chi connectivity index (χ2n) is 5.92. The molecule has 0 saturated heterocycles. The molecule has 1 aromatic heterocycles. The molecule has 4 rings (SSSR count). The number of amides is 2. The molecule has 3 aromatic carbocycles. The predicted octanol–water partition coefficient (Wildman–Crippen LogP) is 6.13. The highest BCUT2D eigenvalue weighted by Crippen LogP contribution is 2.29. The SMILES string of the molecule is O=C(Nc1cccc(Cl)c1)Nc1cccc(-c2cccc3cc[nH]c23)c1. The summed E-state index contributed by atoms with van der Waals surface area (Å²) < 4.78 is 0. The maximum atomic E-state index is 12.2. The van der Waals surface area contributed by atoms with Gasteiger partial charge in [0.1, 0.15) is 0 Å². The second kappa shape index (κ2) is 6.94. The van der Waals surface area contributed by atoms with E-state index in [-0.39, 0.29) is 6.03 Å². The fourth-order valence-electron chi connectivity index (χ4n) is 2.95. The lowest BCUT2D eigenvalue weighted by Gasteiger charge is -2.10. The third-order valence-corrected chi connectivity index (χ3v) is 4.34. The van der Waals surface area contributed by atoms with E-state index in [0.29, 0.717) is 16.4 Å². The Bertz CT molecular complexity index is 1090. The monoisotopic (exact) mass is 361 g/mol. The quantitative estimate of drug-likeness (QED) is 0.403. The number of carbonyl (C=O) groups excluding carboxylic acids is 1. The molecular weight excluding hydrogens is 346 g/mol. The molecule has 0 atom stereocenters. The first-order valence-electron chi connectivity index (χ1n) is 8.19. The average Bonchev–Trinajstić information content (AvgIpc) is 3.10. The molecule has 0 aliphatic carbocycles. The molecule has 5 heteroatoms. The van der Waals surface area contributed by atoms with E-state index >= 15 is 0 Å². The first-order chi connectivity index (χ1) is 12.7. The van der Waals surface area contributed by atoms with E-state index in [0.717, 1.165) is 22.0 Å². The summed E-state index contributed by atoms with van der Waals surface area (Å²) in [4.78, 5) is 15.5. The fraction of sp³-hybridized carbons (Fsp3) is 0. The molecule has 0 bridgehead atoms. The molecule has 0 saturated carbocycles. The van der Waals surface area contributed by atoms with Gasteiger partial charge in [-0.25, -0.2) is 4.79 Å².